The molecule has 2 aromatic carbocycles. The van der Waals surface area contributed by atoms with Gasteiger partial charge in [0, 0.05) is 31.9 Å². The van der Waals surface area contributed by atoms with E-state index in [1.165, 1.54) is 12.1 Å². The van der Waals surface area contributed by atoms with Gasteiger partial charge in [-0.2, -0.15) is 0 Å². The molecular formula is C19H24F2N3O+. The van der Waals surface area contributed by atoms with Crippen molar-refractivity contribution in [1.82, 2.24) is 5.32 Å². The van der Waals surface area contributed by atoms with Gasteiger partial charge in [0.25, 0.3) is 5.91 Å². The van der Waals surface area contributed by atoms with Crippen molar-refractivity contribution in [2.75, 3.05) is 25.5 Å². The highest BCUT2D eigenvalue weighted by Crippen LogP contribution is 2.13. The van der Waals surface area contributed by atoms with E-state index in [0.717, 1.165) is 17.3 Å². The van der Waals surface area contributed by atoms with Crippen LogP contribution in [0, 0.1) is 11.6 Å². The van der Waals surface area contributed by atoms with Crippen LogP contribution in [-0.4, -0.2) is 26.5 Å². The van der Waals surface area contributed by atoms with Crippen LogP contribution in [0.5, 0.6) is 0 Å². The minimum atomic E-state index is -0.872. The molecule has 6 heteroatoms. The third-order valence-electron chi connectivity index (χ3n) is 4.07. The molecule has 0 radical (unpaired) electrons. The molecule has 134 valence electrons. The average molecular weight is 348 g/mol. The van der Waals surface area contributed by atoms with Gasteiger partial charge in [0.05, 0.1) is 0 Å². The fourth-order valence-electron chi connectivity index (χ4n) is 2.40. The summed E-state index contributed by atoms with van der Waals surface area (Å²) in [5, 5.41) is 4.65. The van der Waals surface area contributed by atoms with Crippen molar-refractivity contribution in [2.24, 2.45) is 0 Å². The summed E-state index contributed by atoms with van der Waals surface area (Å²) in [6, 6.07) is 11.6. The fourth-order valence-corrected chi connectivity index (χ4v) is 2.40. The third kappa shape index (κ3) is 5.53. The van der Waals surface area contributed by atoms with Crippen LogP contribution in [0.15, 0.2) is 42.5 Å². The molecule has 0 spiro atoms. The minimum Gasteiger partial charge on any atom is -0.378 e. The third-order valence-corrected chi connectivity index (χ3v) is 4.07. The lowest BCUT2D eigenvalue weighted by atomic mass is 10.1. The number of anilines is 1. The number of quaternary nitrogens is 1. The van der Waals surface area contributed by atoms with Crippen molar-refractivity contribution >= 4 is 11.6 Å². The van der Waals surface area contributed by atoms with E-state index in [1.54, 1.807) is 5.32 Å². The van der Waals surface area contributed by atoms with E-state index < -0.39 is 11.6 Å². The SMILES string of the molecule is C[C@@H]([NH2+]CC(=O)NCc1ccc(N(C)C)cc1)c1ccc(F)c(F)c1. The summed E-state index contributed by atoms with van der Waals surface area (Å²) in [5.74, 6) is -1.84. The number of halogens is 2. The van der Waals surface area contributed by atoms with Crippen LogP contribution in [0.4, 0.5) is 14.5 Å². The van der Waals surface area contributed by atoms with Gasteiger partial charge in [-0.1, -0.05) is 12.1 Å². The first-order valence-corrected chi connectivity index (χ1v) is 8.18. The zero-order chi connectivity index (χ0) is 18.4. The molecule has 1 atom stereocenters. The smallest absolute Gasteiger partial charge is 0.275 e. The molecule has 0 heterocycles. The number of carbonyl (C=O) groups is 1. The van der Waals surface area contributed by atoms with Gasteiger partial charge in [0.15, 0.2) is 18.2 Å². The van der Waals surface area contributed by atoms with Gasteiger partial charge in [-0.05, 0) is 42.8 Å². The molecule has 0 fully saturated rings. The zero-order valence-corrected chi connectivity index (χ0v) is 14.7. The van der Waals surface area contributed by atoms with Gasteiger partial charge in [0.2, 0.25) is 0 Å². The second-order valence-electron chi connectivity index (χ2n) is 6.24. The summed E-state index contributed by atoms with van der Waals surface area (Å²) < 4.78 is 26.2. The molecular weight excluding hydrogens is 324 g/mol. The van der Waals surface area contributed by atoms with Crippen LogP contribution in [0.2, 0.25) is 0 Å². The molecule has 0 unspecified atom stereocenters. The Hall–Kier alpha value is -2.47. The van der Waals surface area contributed by atoms with Gasteiger partial charge in [0.1, 0.15) is 6.04 Å². The number of nitrogens with zero attached hydrogens (tertiary/aromatic N) is 1. The van der Waals surface area contributed by atoms with Gasteiger partial charge < -0.3 is 15.5 Å². The quantitative estimate of drug-likeness (QED) is 0.804. The first kappa shape index (κ1) is 18.9. The van der Waals surface area contributed by atoms with Crippen LogP contribution in [0.1, 0.15) is 24.1 Å². The molecule has 0 saturated carbocycles. The molecule has 1 amide bonds. The summed E-state index contributed by atoms with van der Waals surface area (Å²) >= 11 is 0. The maximum Gasteiger partial charge on any atom is 0.275 e. The van der Waals surface area contributed by atoms with E-state index >= 15 is 0 Å². The molecule has 0 aromatic heterocycles. The van der Waals surface area contributed by atoms with Crippen molar-refractivity contribution in [3.05, 3.63) is 65.2 Å². The van der Waals surface area contributed by atoms with E-state index in [2.05, 4.69) is 5.32 Å². The van der Waals surface area contributed by atoms with Crippen LogP contribution >= 0.6 is 0 Å². The molecule has 0 aliphatic carbocycles. The number of hydrogen-bond donors (Lipinski definition) is 2. The van der Waals surface area contributed by atoms with Crippen molar-refractivity contribution in [3.8, 4) is 0 Å². The summed E-state index contributed by atoms with van der Waals surface area (Å²) in [7, 11) is 3.95. The van der Waals surface area contributed by atoms with Crippen molar-refractivity contribution in [1.29, 1.82) is 0 Å². The number of nitrogens with two attached hydrogens (primary N) is 1. The maximum absolute atomic E-state index is 13.3. The van der Waals surface area contributed by atoms with Gasteiger partial charge in [-0.25, -0.2) is 8.78 Å². The van der Waals surface area contributed by atoms with Crippen molar-refractivity contribution < 1.29 is 18.9 Å². The molecule has 3 N–H and O–H groups in total. The second kappa shape index (κ2) is 8.58. The number of hydrogen-bond acceptors (Lipinski definition) is 2. The minimum absolute atomic E-state index is 0.105. The lowest BCUT2D eigenvalue weighted by Crippen LogP contribution is -2.87. The van der Waals surface area contributed by atoms with Gasteiger partial charge in [-0.15, -0.1) is 0 Å². The number of nitrogens with one attached hydrogen (secondary N) is 1. The Bertz CT molecular complexity index is 717. The summed E-state index contributed by atoms with van der Waals surface area (Å²) in [4.78, 5) is 14.0. The molecule has 0 saturated heterocycles. The van der Waals surface area contributed by atoms with Crippen LogP contribution in [0.25, 0.3) is 0 Å². The first-order chi connectivity index (χ1) is 11.9. The number of benzene rings is 2. The monoisotopic (exact) mass is 348 g/mol. The zero-order valence-electron chi connectivity index (χ0n) is 14.7. The topological polar surface area (TPSA) is 49.0 Å². The first-order valence-electron chi connectivity index (χ1n) is 8.18. The van der Waals surface area contributed by atoms with E-state index in [-0.39, 0.29) is 18.5 Å². The Morgan fingerprint density at radius 1 is 1.12 bits per heavy atom. The average Bonchev–Trinajstić information content (AvgIpc) is 2.60. The second-order valence-corrected chi connectivity index (χ2v) is 6.24. The molecule has 2 rings (SSSR count). The van der Waals surface area contributed by atoms with E-state index in [0.29, 0.717) is 12.1 Å². The highest BCUT2D eigenvalue weighted by Gasteiger charge is 2.13. The Morgan fingerprint density at radius 2 is 1.80 bits per heavy atom. The number of rotatable bonds is 7. The van der Waals surface area contributed by atoms with Crippen LogP contribution in [0.3, 0.4) is 0 Å². The largest absolute Gasteiger partial charge is 0.378 e. The standard InChI is InChI=1S/C19H23F2N3O/c1-13(15-6-9-17(20)18(21)10-15)22-12-19(25)23-11-14-4-7-16(8-5-14)24(2)3/h4-10,13,22H,11-12H2,1-3H3,(H,23,25)/p+1/t13-/m1/s1. The summed E-state index contributed by atoms with van der Waals surface area (Å²) in [5.41, 5.74) is 2.77. The Balaban J connectivity index is 1.79. The maximum atomic E-state index is 13.3. The molecule has 0 aliphatic rings. The molecule has 0 aliphatic heterocycles. The van der Waals surface area contributed by atoms with E-state index in [9.17, 15) is 13.6 Å². The number of amides is 1. The highest BCUT2D eigenvalue weighted by atomic mass is 19.2. The molecule has 2 aromatic rings. The Morgan fingerprint density at radius 3 is 2.40 bits per heavy atom. The summed E-state index contributed by atoms with van der Waals surface area (Å²) in [6.07, 6.45) is 0. The molecule has 25 heavy (non-hydrogen) atoms. The van der Waals surface area contributed by atoms with E-state index in [4.69, 9.17) is 0 Å². The van der Waals surface area contributed by atoms with Crippen LogP contribution < -0.4 is 15.5 Å². The normalized spacial score (nSPS) is 11.9. The summed E-state index contributed by atoms with van der Waals surface area (Å²) in [6.45, 7) is 2.52. The Labute approximate surface area is 146 Å². The highest BCUT2D eigenvalue weighted by molar-refractivity contribution is 5.76. The van der Waals surface area contributed by atoms with Crippen molar-refractivity contribution in [3.63, 3.8) is 0 Å². The van der Waals surface area contributed by atoms with Gasteiger partial charge >= 0.3 is 0 Å². The lowest BCUT2D eigenvalue weighted by molar-refractivity contribution is -0.682. The molecule has 4 nitrogen and oxygen atoms in total. The predicted molar refractivity (Wildman–Crippen MR) is 94.2 cm³/mol. The fraction of sp³-hybridized carbons (Fsp3) is 0.316. The van der Waals surface area contributed by atoms with Gasteiger partial charge in [-0.3, -0.25) is 4.79 Å². The van der Waals surface area contributed by atoms with Crippen molar-refractivity contribution in [2.45, 2.75) is 19.5 Å². The van der Waals surface area contributed by atoms with E-state index in [1.807, 2.05) is 50.2 Å². The Kier molecular flexibility index (Phi) is 6.47. The molecule has 0 bridgehead atoms. The number of carbonyl (C=O) groups excluding carboxylic acids is 1. The predicted octanol–water partition coefficient (Wildman–Crippen LogP) is 1.97. The lowest BCUT2D eigenvalue weighted by Gasteiger charge is -2.13. The van der Waals surface area contributed by atoms with Crippen LogP contribution in [-0.2, 0) is 11.3 Å².